The lowest BCUT2D eigenvalue weighted by atomic mass is 9.79. The van der Waals surface area contributed by atoms with Gasteiger partial charge in [-0.2, -0.15) is 0 Å². The maximum Gasteiger partial charge on any atom is 0.134 e. The van der Waals surface area contributed by atoms with Gasteiger partial charge in [0.1, 0.15) is 11.6 Å². The molecule has 1 aromatic heterocycles. The fourth-order valence-corrected chi connectivity index (χ4v) is 3.78. The van der Waals surface area contributed by atoms with Gasteiger partial charge in [0.05, 0.1) is 0 Å². The number of nitrogens with zero attached hydrogens (tertiary/aromatic N) is 2. The van der Waals surface area contributed by atoms with Crippen LogP contribution in [0.5, 0.6) is 0 Å². The van der Waals surface area contributed by atoms with E-state index in [0.29, 0.717) is 5.92 Å². The van der Waals surface area contributed by atoms with Crippen LogP contribution in [0.25, 0.3) is 0 Å². The third-order valence-electron chi connectivity index (χ3n) is 4.89. The van der Waals surface area contributed by atoms with Gasteiger partial charge in [0.15, 0.2) is 0 Å². The van der Waals surface area contributed by atoms with E-state index < -0.39 is 0 Å². The Morgan fingerprint density at radius 1 is 1.11 bits per heavy atom. The van der Waals surface area contributed by atoms with Crippen LogP contribution in [-0.4, -0.2) is 9.97 Å². The predicted octanol–water partition coefficient (Wildman–Crippen LogP) is 3.62. The molecule has 1 heterocycles. The number of rotatable bonds is 3. The highest BCUT2D eigenvalue weighted by molar-refractivity contribution is 5.45. The standard InChI is InChI=1S/C16H25N3/c1-2-4-11-7-9-12(10-8-11)16-18-14-6-3-5-13(14)15(17)19-16/h11-12H,2-10H2,1H3,(H2,17,18,19). The molecule has 0 aromatic carbocycles. The third kappa shape index (κ3) is 2.60. The molecule has 0 aliphatic heterocycles. The Labute approximate surface area is 116 Å². The molecule has 0 radical (unpaired) electrons. The van der Waals surface area contributed by atoms with Crippen LogP contribution in [0.3, 0.4) is 0 Å². The molecule has 0 atom stereocenters. The normalized spacial score (nSPS) is 26.4. The minimum absolute atomic E-state index is 0.557. The summed E-state index contributed by atoms with van der Waals surface area (Å²) in [6.07, 6.45) is 11.3. The highest BCUT2D eigenvalue weighted by Crippen LogP contribution is 2.37. The van der Waals surface area contributed by atoms with Crippen molar-refractivity contribution in [3.63, 3.8) is 0 Å². The third-order valence-corrected chi connectivity index (χ3v) is 4.89. The van der Waals surface area contributed by atoms with E-state index in [4.69, 9.17) is 10.7 Å². The predicted molar refractivity (Wildman–Crippen MR) is 78.1 cm³/mol. The van der Waals surface area contributed by atoms with Crippen LogP contribution in [0.4, 0.5) is 5.82 Å². The first-order chi connectivity index (χ1) is 9.28. The number of aryl methyl sites for hydroxylation is 1. The average Bonchev–Trinajstić information content (AvgIpc) is 2.89. The minimum atomic E-state index is 0.557. The van der Waals surface area contributed by atoms with Gasteiger partial charge in [-0.05, 0) is 50.9 Å². The first kappa shape index (κ1) is 12.9. The van der Waals surface area contributed by atoms with E-state index in [0.717, 1.165) is 30.4 Å². The van der Waals surface area contributed by atoms with Gasteiger partial charge in [0.2, 0.25) is 0 Å². The zero-order chi connectivity index (χ0) is 13.2. The number of nitrogen functional groups attached to an aromatic ring is 1. The van der Waals surface area contributed by atoms with Gasteiger partial charge in [0, 0.05) is 17.2 Å². The van der Waals surface area contributed by atoms with Gasteiger partial charge in [0.25, 0.3) is 0 Å². The first-order valence-electron chi connectivity index (χ1n) is 7.93. The molecule has 3 rings (SSSR count). The van der Waals surface area contributed by atoms with E-state index in [1.165, 1.54) is 56.2 Å². The summed E-state index contributed by atoms with van der Waals surface area (Å²) < 4.78 is 0. The molecule has 0 unspecified atom stereocenters. The molecule has 0 spiro atoms. The Morgan fingerprint density at radius 2 is 1.89 bits per heavy atom. The lowest BCUT2D eigenvalue weighted by molar-refractivity contribution is 0.302. The highest BCUT2D eigenvalue weighted by atomic mass is 15.0. The molecular weight excluding hydrogens is 234 g/mol. The number of hydrogen-bond donors (Lipinski definition) is 1. The summed E-state index contributed by atoms with van der Waals surface area (Å²) >= 11 is 0. The molecule has 1 saturated carbocycles. The molecule has 2 aliphatic carbocycles. The summed E-state index contributed by atoms with van der Waals surface area (Å²) in [7, 11) is 0. The number of fused-ring (bicyclic) bond motifs is 1. The Kier molecular flexibility index (Phi) is 3.72. The second kappa shape index (κ2) is 5.48. The van der Waals surface area contributed by atoms with Crippen LogP contribution in [0.1, 0.15) is 74.9 Å². The van der Waals surface area contributed by atoms with E-state index in [1.807, 2.05) is 0 Å². The smallest absolute Gasteiger partial charge is 0.134 e. The van der Waals surface area contributed by atoms with Crippen LogP contribution in [0.2, 0.25) is 0 Å². The van der Waals surface area contributed by atoms with Crippen molar-refractivity contribution in [2.24, 2.45) is 5.92 Å². The SMILES string of the molecule is CCCC1CCC(c2nc(N)c3c(n2)CCC3)CC1. The summed E-state index contributed by atoms with van der Waals surface area (Å²) in [5, 5.41) is 0. The fourth-order valence-electron chi connectivity index (χ4n) is 3.78. The summed E-state index contributed by atoms with van der Waals surface area (Å²) in [4.78, 5) is 9.42. The number of nitrogens with two attached hydrogens (primary N) is 1. The maximum absolute atomic E-state index is 6.10. The molecule has 2 aliphatic rings. The van der Waals surface area contributed by atoms with Crippen molar-refractivity contribution in [2.45, 2.75) is 70.6 Å². The molecular formula is C16H25N3. The van der Waals surface area contributed by atoms with Crippen molar-refractivity contribution < 1.29 is 0 Å². The lowest BCUT2D eigenvalue weighted by Gasteiger charge is -2.27. The Bertz CT molecular complexity index is 448. The first-order valence-corrected chi connectivity index (χ1v) is 7.93. The van der Waals surface area contributed by atoms with Crippen molar-refractivity contribution >= 4 is 5.82 Å². The monoisotopic (exact) mass is 259 g/mol. The van der Waals surface area contributed by atoms with Crippen molar-refractivity contribution in [1.82, 2.24) is 9.97 Å². The molecule has 3 nitrogen and oxygen atoms in total. The quantitative estimate of drug-likeness (QED) is 0.902. The van der Waals surface area contributed by atoms with Crippen molar-refractivity contribution in [3.05, 3.63) is 17.1 Å². The molecule has 1 fully saturated rings. The van der Waals surface area contributed by atoms with E-state index in [2.05, 4.69) is 11.9 Å². The number of aromatic nitrogens is 2. The van der Waals surface area contributed by atoms with Gasteiger partial charge >= 0.3 is 0 Å². The van der Waals surface area contributed by atoms with E-state index in [1.54, 1.807) is 0 Å². The second-order valence-corrected chi connectivity index (χ2v) is 6.25. The Balaban J connectivity index is 1.72. The zero-order valence-electron chi connectivity index (χ0n) is 12.0. The van der Waals surface area contributed by atoms with Crippen molar-refractivity contribution in [2.75, 3.05) is 5.73 Å². The molecule has 1 aromatic rings. The van der Waals surface area contributed by atoms with Gasteiger partial charge in [-0.25, -0.2) is 9.97 Å². The number of hydrogen-bond acceptors (Lipinski definition) is 3. The largest absolute Gasteiger partial charge is 0.383 e. The molecule has 2 N–H and O–H groups in total. The molecule has 3 heteroatoms. The lowest BCUT2D eigenvalue weighted by Crippen LogP contribution is -2.17. The molecule has 19 heavy (non-hydrogen) atoms. The van der Waals surface area contributed by atoms with Crippen LogP contribution in [0, 0.1) is 5.92 Å². The zero-order valence-corrected chi connectivity index (χ0v) is 12.0. The van der Waals surface area contributed by atoms with Crippen LogP contribution < -0.4 is 5.73 Å². The van der Waals surface area contributed by atoms with Crippen LogP contribution >= 0.6 is 0 Å². The number of anilines is 1. The van der Waals surface area contributed by atoms with Crippen LogP contribution in [-0.2, 0) is 12.8 Å². The molecule has 0 amide bonds. The topological polar surface area (TPSA) is 51.8 Å². The summed E-state index contributed by atoms with van der Waals surface area (Å²) in [5.74, 6) is 3.29. The van der Waals surface area contributed by atoms with Gasteiger partial charge < -0.3 is 5.73 Å². The van der Waals surface area contributed by atoms with Crippen molar-refractivity contribution in [1.29, 1.82) is 0 Å². The maximum atomic E-state index is 6.10. The Hall–Kier alpha value is -1.12. The van der Waals surface area contributed by atoms with E-state index in [-0.39, 0.29) is 0 Å². The molecule has 104 valence electrons. The molecule has 0 saturated heterocycles. The van der Waals surface area contributed by atoms with E-state index >= 15 is 0 Å². The van der Waals surface area contributed by atoms with Gasteiger partial charge in [-0.3, -0.25) is 0 Å². The summed E-state index contributed by atoms with van der Waals surface area (Å²) in [6, 6.07) is 0. The molecule has 0 bridgehead atoms. The van der Waals surface area contributed by atoms with Crippen molar-refractivity contribution in [3.8, 4) is 0 Å². The van der Waals surface area contributed by atoms with Crippen LogP contribution in [0.15, 0.2) is 0 Å². The highest BCUT2D eigenvalue weighted by Gasteiger charge is 2.26. The van der Waals surface area contributed by atoms with Gasteiger partial charge in [-0.15, -0.1) is 0 Å². The summed E-state index contributed by atoms with van der Waals surface area (Å²) in [5.41, 5.74) is 8.56. The second-order valence-electron chi connectivity index (χ2n) is 6.25. The minimum Gasteiger partial charge on any atom is -0.383 e. The summed E-state index contributed by atoms with van der Waals surface area (Å²) in [6.45, 7) is 2.29. The van der Waals surface area contributed by atoms with Gasteiger partial charge in [-0.1, -0.05) is 19.8 Å². The Morgan fingerprint density at radius 3 is 2.63 bits per heavy atom. The average molecular weight is 259 g/mol. The fraction of sp³-hybridized carbons (Fsp3) is 0.750. The van der Waals surface area contributed by atoms with E-state index in [9.17, 15) is 0 Å².